The molecule has 0 amide bonds. The monoisotopic (exact) mass is 216 g/mol. The average Bonchev–Trinajstić information content (AvgIpc) is 2.30. The molecule has 0 radical (unpaired) electrons. The van der Waals surface area contributed by atoms with Gasteiger partial charge in [0.25, 0.3) is 0 Å². The Morgan fingerprint density at radius 1 is 1.31 bits per heavy atom. The molecule has 0 fully saturated rings. The average molecular weight is 216 g/mol. The maximum Gasteiger partial charge on any atom is 0.0704 e. The smallest absolute Gasteiger partial charge is 0.0704 e. The Bertz CT molecular complexity index is 465. The molecule has 0 aliphatic rings. The lowest BCUT2D eigenvalue weighted by Gasteiger charge is -2.11. The predicted molar refractivity (Wildman–Crippen MR) is 65.3 cm³/mol. The zero-order valence-electron chi connectivity index (χ0n) is 9.39. The Morgan fingerprint density at radius 2 is 2.12 bits per heavy atom. The van der Waals surface area contributed by atoms with E-state index in [9.17, 15) is 0 Å². The molecule has 1 heterocycles. The Balaban J connectivity index is 2.30. The van der Waals surface area contributed by atoms with Gasteiger partial charge in [-0.15, -0.1) is 0 Å². The van der Waals surface area contributed by atoms with Crippen LogP contribution in [-0.4, -0.2) is 24.7 Å². The van der Waals surface area contributed by atoms with Crippen LogP contribution in [0.2, 0.25) is 0 Å². The van der Waals surface area contributed by atoms with Gasteiger partial charge < -0.3 is 10.5 Å². The van der Waals surface area contributed by atoms with E-state index in [1.807, 2.05) is 30.5 Å². The first-order chi connectivity index (χ1) is 7.81. The summed E-state index contributed by atoms with van der Waals surface area (Å²) in [5, 5.41) is 1.18. The number of hydrogen-bond donors (Lipinski definition) is 1. The number of rotatable bonds is 4. The van der Waals surface area contributed by atoms with Crippen molar-refractivity contribution in [3.05, 3.63) is 42.1 Å². The van der Waals surface area contributed by atoms with Crippen LogP contribution in [-0.2, 0) is 11.2 Å². The number of hydrogen-bond acceptors (Lipinski definition) is 3. The van der Waals surface area contributed by atoms with Crippen LogP contribution in [0.15, 0.2) is 36.5 Å². The zero-order valence-corrected chi connectivity index (χ0v) is 9.39. The molecule has 3 nitrogen and oxygen atoms in total. The summed E-state index contributed by atoms with van der Waals surface area (Å²) in [7, 11) is 1.67. The molecule has 16 heavy (non-hydrogen) atoms. The van der Waals surface area contributed by atoms with Gasteiger partial charge in [-0.2, -0.15) is 0 Å². The zero-order chi connectivity index (χ0) is 11.4. The molecule has 2 N–H and O–H groups in total. The third-order valence-electron chi connectivity index (χ3n) is 2.60. The van der Waals surface area contributed by atoms with Crippen LogP contribution in [0.3, 0.4) is 0 Å². The van der Waals surface area contributed by atoms with Crippen molar-refractivity contribution in [2.45, 2.75) is 12.5 Å². The molecule has 1 unspecified atom stereocenters. The SMILES string of the molecule is COCC(N)Cc1ccnc2ccccc12. The van der Waals surface area contributed by atoms with Gasteiger partial charge in [0.15, 0.2) is 0 Å². The second kappa shape index (κ2) is 5.05. The van der Waals surface area contributed by atoms with E-state index in [4.69, 9.17) is 10.5 Å². The summed E-state index contributed by atoms with van der Waals surface area (Å²) in [5.74, 6) is 0. The summed E-state index contributed by atoms with van der Waals surface area (Å²) in [4.78, 5) is 4.32. The first-order valence-corrected chi connectivity index (χ1v) is 5.38. The number of methoxy groups -OCH3 is 1. The molecule has 84 valence electrons. The number of pyridine rings is 1. The summed E-state index contributed by atoms with van der Waals surface area (Å²) >= 11 is 0. The summed E-state index contributed by atoms with van der Waals surface area (Å²) < 4.78 is 5.05. The molecular formula is C13H16N2O. The van der Waals surface area contributed by atoms with Crippen LogP contribution >= 0.6 is 0 Å². The largest absolute Gasteiger partial charge is 0.383 e. The quantitative estimate of drug-likeness (QED) is 0.847. The van der Waals surface area contributed by atoms with E-state index in [0.29, 0.717) is 6.61 Å². The highest BCUT2D eigenvalue weighted by atomic mass is 16.5. The van der Waals surface area contributed by atoms with E-state index < -0.39 is 0 Å². The number of ether oxygens (including phenoxy) is 1. The Labute approximate surface area is 95.2 Å². The Morgan fingerprint density at radius 3 is 2.94 bits per heavy atom. The van der Waals surface area contributed by atoms with Crippen LogP contribution in [0.1, 0.15) is 5.56 Å². The van der Waals surface area contributed by atoms with Crippen molar-refractivity contribution in [2.24, 2.45) is 5.73 Å². The fourth-order valence-corrected chi connectivity index (χ4v) is 1.89. The number of nitrogens with zero attached hydrogens (tertiary/aromatic N) is 1. The van der Waals surface area contributed by atoms with Crippen LogP contribution in [0, 0.1) is 0 Å². The van der Waals surface area contributed by atoms with Gasteiger partial charge in [-0.3, -0.25) is 4.98 Å². The van der Waals surface area contributed by atoms with Crippen molar-refractivity contribution >= 4 is 10.9 Å². The topological polar surface area (TPSA) is 48.1 Å². The summed E-state index contributed by atoms with van der Waals surface area (Å²) in [6.07, 6.45) is 2.65. The van der Waals surface area contributed by atoms with Crippen LogP contribution in [0.4, 0.5) is 0 Å². The summed E-state index contributed by atoms with van der Waals surface area (Å²) in [6, 6.07) is 10.2. The molecule has 0 aliphatic carbocycles. The molecule has 1 aromatic heterocycles. The lowest BCUT2D eigenvalue weighted by molar-refractivity contribution is 0.180. The van der Waals surface area contributed by atoms with Crippen molar-refractivity contribution < 1.29 is 4.74 Å². The molecule has 1 aromatic carbocycles. The Hall–Kier alpha value is -1.45. The second-order valence-corrected chi connectivity index (χ2v) is 3.91. The number of nitrogens with two attached hydrogens (primary N) is 1. The highest BCUT2D eigenvalue weighted by Crippen LogP contribution is 2.17. The summed E-state index contributed by atoms with van der Waals surface area (Å²) in [6.45, 7) is 0.580. The molecule has 0 saturated carbocycles. The molecule has 1 atom stereocenters. The van der Waals surface area contributed by atoms with E-state index in [2.05, 4.69) is 11.1 Å². The maximum atomic E-state index is 5.96. The third kappa shape index (κ3) is 2.38. The van der Waals surface area contributed by atoms with E-state index in [0.717, 1.165) is 11.9 Å². The van der Waals surface area contributed by atoms with Crippen LogP contribution < -0.4 is 5.73 Å². The van der Waals surface area contributed by atoms with Crippen molar-refractivity contribution in [2.75, 3.05) is 13.7 Å². The molecule has 0 saturated heterocycles. The van der Waals surface area contributed by atoms with Gasteiger partial charge in [0.1, 0.15) is 0 Å². The Kier molecular flexibility index (Phi) is 3.49. The molecule has 3 heteroatoms. The van der Waals surface area contributed by atoms with Gasteiger partial charge in [0.2, 0.25) is 0 Å². The predicted octanol–water partition coefficient (Wildman–Crippen LogP) is 1.75. The lowest BCUT2D eigenvalue weighted by atomic mass is 10.0. The first-order valence-electron chi connectivity index (χ1n) is 5.38. The molecular weight excluding hydrogens is 200 g/mol. The van der Waals surface area contributed by atoms with Crippen molar-refractivity contribution in [1.29, 1.82) is 0 Å². The van der Waals surface area contributed by atoms with Gasteiger partial charge in [0.05, 0.1) is 12.1 Å². The van der Waals surface area contributed by atoms with Crippen LogP contribution in [0.5, 0.6) is 0 Å². The molecule has 0 spiro atoms. The van der Waals surface area contributed by atoms with Crippen molar-refractivity contribution in [3.63, 3.8) is 0 Å². The van der Waals surface area contributed by atoms with Gasteiger partial charge >= 0.3 is 0 Å². The minimum atomic E-state index is 0.0378. The van der Waals surface area contributed by atoms with E-state index in [-0.39, 0.29) is 6.04 Å². The highest BCUT2D eigenvalue weighted by molar-refractivity contribution is 5.81. The molecule has 0 bridgehead atoms. The van der Waals surface area contributed by atoms with E-state index in [1.54, 1.807) is 7.11 Å². The van der Waals surface area contributed by atoms with Gasteiger partial charge in [0, 0.05) is 24.7 Å². The minimum Gasteiger partial charge on any atom is -0.383 e. The number of aromatic nitrogens is 1. The summed E-state index contributed by atoms with van der Waals surface area (Å²) in [5.41, 5.74) is 8.21. The number of benzene rings is 1. The van der Waals surface area contributed by atoms with Gasteiger partial charge in [-0.1, -0.05) is 18.2 Å². The normalized spacial score (nSPS) is 12.9. The first kappa shape index (κ1) is 11.0. The number of fused-ring (bicyclic) bond motifs is 1. The van der Waals surface area contributed by atoms with Gasteiger partial charge in [-0.05, 0) is 24.1 Å². The van der Waals surface area contributed by atoms with Gasteiger partial charge in [-0.25, -0.2) is 0 Å². The number of para-hydroxylation sites is 1. The standard InChI is InChI=1S/C13H16N2O/c1-16-9-11(14)8-10-6-7-15-13-5-3-2-4-12(10)13/h2-7,11H,8-9,14H2,1H3. The van der Waals surface area contributed by atoms with E-state index >= 15 is 0 Å². The fourth-order valence-electron chi connectivity index (χ4n) is 1.89. The molecule has 2 aromatic rings. The van der Waals surface area contributed by atoms with Crippen LogP contribution in [0.25, 0.3) is 10.9 Å². The third-order valence-corrected chi connectivity index (χ3v) is 2.60. The van der Waals surface area contributed by atoms with Crippen molar-refractivity contribution in [3.8, 4) is 0 Å². The highest BCUT2D eigenvalue weighted by Gasteiger charge is 2.06. The fraction of sp³-hybridized carbons (Fsp3) is 0.308. The maximum absolute atomic E-state index is 5.96. The second-order valence-electron chi connectivity index (χ2n) is 3.91. The van der Waals surface area contributed by atoms with E-state index in [1.165, 1.54) is 10.9 Å². The molecule has 2 rings (SSSR count). The molecule has 0 aliphatic heterocycles. The minimum absolute atomic E-state index is 0.0378. The van der Waals surface area contributed by atoms with Crippen molar-refractivity contribution in [1.82, 2.24) is 4.98 Å². The lowest BCUT2D eigenvalue weighted by Crippen LogP contribution is -2.28.